The van der Waals surface area contributed by atoms with Gasteiger partial charge < -0.3 is 14.8 Å². The maximum Gasteiger partial charge on any atom is 0.274 e. The molecule has 0 spiro atoms. The van der Waals surface area contributed by atoms with E-state index < -0.39 is 4.92 Å². The zero-order valence-electron chi connectivity index (χ0n) is 9.50. The molecule has 0 aliphatic rings. The predicted molar refractivity (Wildman–Crippen MR) is 64.0 cm³/mol. The normalized spacial score (nSPS) is 10.4. The summed E-state index contributed by atoms with van der Waals surface area (Å²) >= 11 is 0. The van der Waals surface area contributed by atoms with Crippen LogP contribution in [0.4, 0.5) is 5.69 Å². The van der Waals surface area contributed by atoms with E-state index in [1.165, 1.54) is 18.2 Å². The smallest absolute Gasteiger partial charge is 0.274 e. The van der Waals surface area contributed by atoms with Gasteiger partial charge in [0.25, 0.3) is 5.69 Å². The van der Waals surface area contributed by atoms with Crippen LogP contribution in [0.5, 0.6) is 5.75 Å². The van der Waals surface area contributed by atoms with Crippen molar-refractivity contribution < 1.29 is 14.4 Å². The Labute approximate surface area is 103 Å². The van der Waals surface area contributed by atoms with Crippen LogP contribution < -0.4 is 5.32 Å². The van der Waals surface area contributed by atoms with Crippen LogP contribution in [0.2, 0.25) is 0 Å². The highest BCUT2D eigenvalue weighted by atomic mass is 16.6. The van der Waals surface area contributed by atoms with Crippen molar-refractivity contribution in [3.63, 3.8) is 0 Å². The van der Waals surface area contributed by atoms with E-state index in [1.807, 2.05) is 6.07 Å². The van der Waals surface area contributed by atoms with Gasteiger partial charge in [-0.25, -0.2) is 0 Å². The molecule has 0 amide bonds. The van der Waals surface area contributed by atoms with Crippen molar-refractivity contribution in [3.05, 3.63) is 58.0 Å². The maximum atomic E-state index is 10.8. The summed E-state index contributed by atoms with van der Waals surface area (Å²) in [6.45, 7) is 0.755. The Morgan fingerprint density at radius 1 is 1.33 bits per heavy atom. The Balaban J connectivity index is 2.03. The third-order valence-corrected chi connectivity index (χ3v) is 2.45. The van der Waals surface area contributed by atoms with Crippen molar-refractivity contribution in [1.29, 1.82) is 0 Å². The van der Waals surface area contributed by atoms with Crippen LogP contribution in [0, 0.1) is 10.1 Å². The molecule has 0 saturated carbocycles. The monoisotopic (exact) mass is 248 g/mol. The van der Waals surface area contributed by atoms with Crippen molar-refractivity contribution in [1.82, 2.24) is 5.32 Å². The van der Waals surface area contributed by atoms with E-state index in [2.05, 4.69) is 5.32 Å². The van der Waals surface area contributed by atoms with Crippen LogP contribution in [0.15, 0.2) is 41.0 Å². The molecule has 0 unspecified atom stereocenters. The van der Waals surface area contributed by atoms with E-state index in [0.29, 0.717) is 12.1 Å². The van der Waals surface area contributed by atoms with E-state index in [-0.39, 0.29) is 18.0 Å². The fourth-order valence-corrected chi connectivity index (χ4v) is 1.63. The zero-order valence-corrected chi connectivity index (χ0v) is 9.50. The summed E-state index contributed by atoms with van der Waals surface area (Å²) in [5, 5.41) is 23.2. The number of aromatic hydroxyl groups is 1. The number of hydrogen-bond acceptors (Lipinski definition) is 5. The van der Waals surface area contributed by atoms with E-state index in [4.69, 9.17) is 4.42 Å². The Morgan fingerprint density at radius 3 is 2.83 bits per heavy atom. The molecule has 0 aliphatic heterocycles. The Morgan fingerprint density at radius 2 is 2.17 bits per heavy atom. The fraction of sp³-hybridized carbons (Fsp3) is 0.167. The SMILES string of the molecule is O=[N+]([O-])c1ccc(O)cc1CNCc1ccco1. The summed E-state index contributed by atoms with van der Waals surface area (Å²) in [6.07, 6.45) is 1.56. The molecule has 2 aromatic rings. The Bertz CT molecular complexity index is 537. The quantitative estimate of drug-likeness (QED) is 0.625. The standard InChI is InChI=1S/C12H12N2O4/c15-10-3-4-12(14(16)17)9(6-10)7-13-8-11-2-1-5-18-11/h1-6,13,15H,7-8H2. The van der Waals surface area contributed by atoms with Crippen LogP contribution in [-0.4, -0.2) is 10.0 Å². The first-order valence-corrected chi connectivity index (χ1v) is 5.36. The molecule has 18 heavy (non-hydrogen) atoms. The molecule has 2 N–H and O–H groups in total. The topological polar surface area (TPSA) is 88.5 Å². The third kappa shape index (κ3) is 2.86. The van der Waals surface area contributed by atoms with Gasteiger partial charge in [-0.15, -0.1) is 0 Å². The first kappa shape index (κ1) is 12.1. The lowest BCUT2D eigenvalue weighted by molar-refractivity contribution is -0.385. The van der Waals surface area contributed by atoms with Crippen LogP contribution in [0.25, 0.3) is 0 Å². The first-order valence-electron chi connectivity index (χ1n) is 5.36. The number of nitro benzene ring substituents is 1. The highest BCUT2D eigenvalue weighted by molar-refractivity contribution is 5.44. The van der Waals surface area contributed by atoms with Crippen molar-refractivity contribution in [2.45, 2.75) is 13.1 Å². The van der Waals surface area contributed by atoms with Gasteiger partial charge in [0.05, 0.1) is 17.7 Å². The molecule has 0 saturated heterocycles. The molecule has 2 rings (SSSR count). The molecule has 0 fully saturated rings. The molecule has 94 valence electrons. The zero-order chi connectivity index (χ0) is 13.0. The summed E-state index contributed by atoms with van der Waals surface area (Å²) in [6, 6.07) is 7.55. The number of phenolic OH excluding ortho intramolecular Hbond substituents is 1. The van der Waals surface area contributed by atoms with Crippen molar-refractivity contribution in [2.24, 2.45) is 0 Å². The number of hydrogen-bond donors (Lipinski definition) is 2. The Kier molecular flexibility index (Phi) is 3.59. The van der Waals surface area contributed by atoms with Gasteiger partial charge in [0, 0.05) is 18.2 Å². The minimum absolute atomic E-state index is 0.00963. The van der Waals surface area contributed by atoms with Gasteiger partial charge in [-0.05, 0) is 24.3 Å². The highest BCUT2D eigenvalue weighted by Gasteiger charge is 2.13. The number of nitrogens with one attached hydrogen (secondary N) is 1. The van der Waals surface area contributed by atoms with Crippen molar-refractivity contribution >= 4 is 5.69 Å². The molecular weight excluding hydrogens is 236 g/mol. The number of benzene rings is 1. The second-order valence-electron chi connectivity index (χ2n) is 3.75. The largest absolute Gasteiger partial charge is 0.508 e. The molecule has 1 aromatic carbocycles. The van der Waals surface area contributed by atoms with Gasteiger partial charge in [0.1, 0.15) is 11.5 Å². The van der Waals surface area contributed by atoms with Crippen LogP contribution in [0.1, 0.15) is 11.3 Å². The molecule has 0 radical (unpaired) electrons. The molecular formula is C12H12N2O4. The summed E-state index contributed by atoms with van der Waals surface area (Å²) in [5.74, 6) is 0.758. The highest BCUT2D eigenvalue weighted by Crippen LogP contribution is 2.23. The van der Waals surface area contributed by atoms with Crippen LogP contribution in [-0.2, 0) is 13.1 Å². The van der Waals surface area contributed by atoms with Crippen LogP contribution in [0.3, 0.4) is 0 Å². The number of nitro groups is 1. The predicted octanol–water partition coefficient (Wildman–Crippen LogP) is 2.18. The number of nitrogens with zero attached hydrogens (tertiary/aromatic N) is 1. The van der Waals surface area contributed by atoms with Gasteiger partial charge in [0.2, 0.25) is 0 Å². The molecule has 0 atom stereocenters. The lowest BCUT2D eigenvalue weighted by Gasteiger charge is -2.05. The van der Waals surface area contributed by atoms with Gasteiger partial charge in [-0.1, -0.05) is 0 Å². The number of furan rings is 1. The van der Waals surface area contributed by atoms with E-state index in [1.54, 1.807) is 12.3 Å². The summed E-state index contributed by atoms with van der Waals surface area (Å²) in [5.41, 5.74) is 0.423. The van der Waals surface area contributed by atoms with Crippen LogP contribution >= 0.6 is 0 Å². The number of phenols is 1. The number of rotatable bonds is 5. The molecule has 6 nitrogen and oxygen atoms in total. The lowest BCUT2D eigenvalue weighted by atomic mass is 10.1. The Hall–Kier alpha value is -2.34. The second kappa shape index (κ2) is 5.33. The molecule has 1 heterocycles. The molecule has 0 aliphatic carbocycles. The molecule has 6 heteroatoms. The summed E-state index contributed by atoms with van der Waals surface area (Å²) in [7, 11) is 0. The van der Waals surface area contributed by atoms with Gasteiger partial charge >= 0.3 is 0 Å². The minimum atomic E-state index is -0.469. The van der Waals surface area contributed by atoms with Crippen molar-refractivity contribution in [2.75, 3.05) is 0 Å². The average molecular weight is 248 g/mol. The van der Waals surface area contributed by atoms with Gasteiger partial charge in [-0.3, -0.25) is 10.1 Å². The van der Waals surface area contributed by atoms with E-state index in [0.717, 1.165) is 5.76 Å². The third-order valence-electron chi connectivity index (χ3n) is 2.45. The first-order chi connectivity index (χ1) is 8.66. The summed E-state index contributed by atoms with van der Waals surface area (Å²) < 4.78 is 5.13. The maximum absolute atomic E-state index is 10.8. The minimum Gasteiger partial charge on any atom is -0.508 e. The van der Waals surface area contributed by atoms with E-state index in [9.17, 15) is 15.2 Å². The average Bonchev–Trinajstić information content (AvgIpc) is 2.82. The van der Waals surface area contributed by atoms with E-state index >= 15 is 0 Å². The van der Waals surface area contributed by atoms with Crippen molar-refractivity contribution in [3.8, 4) is 5.75 Å². The second-order valence-corrected chi connectivity index (χ2v) is 3.75. The molecule has 1 aromatic heterocycles. The van der Waals surface area contributed by atoms with Gasteiger partial charge in [-0.2, -0.15) is 0 Å². The summed E-state index contributed by atoms with van der Waals surface area (Å²) in [4.78, 5) is 10.3. The fourth-order valence-electron chi connectivity index (χ4n) is 1.63. The molecule has 0 bridgehead atoms. The lowest BCUT2D eigenvalue weighted by Crippen LogP contribution is -2.13. The van der Waals surface area contributed by atoms with Gasteiger partial charge in [0.15, 0.2) is 0 Å².